The van der Waals surface area contributed by atoms with E-state index >= 15 is 0 Å². The summed E-state index contributed by atoms with van der Waals surface area (Å²) in [5, 5.41) is 2.06. The van der Waals surface area contributed by atoms with E-state index in [4.69, 9.17) is 15.3 Å². The van der Waals surface area contributed by atoms with Gasteiger partial charge in [0.2, 0.25) is 0 Å². The smallest absolute Gasteiger partial charge is 0.142 e. The van der Waals surface area contributed by atoms with Gasteiger partial charge in [-0.2, -0.15) is 0 Å². The Morgan fingerprint density at radius 1 is 1.25 bits per heavy atom. The summed E-state index contributed by atoms with van der Waals surface area (Å²) in [5.74, 6) is 7.21. The molecule has 4 nitrogen and oxygen atoms in total. The van der Waals surface area contributed by atoms with Crippen LogP contribution in [0.4, 0.5) is 0 Å². The van der Waals surface area contributed by atoms with Crippen LogP contribution in [0.5, 0.6) is 11.5 Å². The van der Waals surface area contributed by atoms with Crippen molar-refractivity contribution in [1.82, 2.24) is 5.43 Å². The Bertz CT molecular complexity index is 601. The Morgan fingerprint density at radius 2 is 2.00 bits per heavy atom. The molecule has 1 atom stereocenters. The van der Waals surface area contributed by atoms with Gasteiger partial charge in [-0.25, -0.2) is 5.43 Å². The molecule has 1 unspecified atom stereocenters. The van der Waals surface area contributed by atoms with E-state index in [1.807, 2.05) is 12.1 Å². The molecule has 20 heavy (non-hydrogen) atoms. The Balaban J connectivity index is 2.56. The maximum Gasteiger partial charge on any atom is 0.142 e. The van der Waals surface area contributed by atoms with Gasteiger partial charge in [0.25, 0.3) is 0 Å². The number of nitrogens with one attached hydrogen (secondary N) is 1. The average Bonchev–Trinajstić information content (AvgIpc) is 2.86. The van der Waals surface area contributed by atoms with Crippen LogP contribution in [0.1, 0.15) is 22.0 Å². The van der Waals surface area contributed by atoms with Crippen LogP contribution in [0.25, 0.3) is 0 Å². The summed E-state index contributed by atoms with van der Waals surface area (Å²) in [4.78, 5) is 1.17. The second kappa shape index (κ2) is 6.58. The van der Waals surface area contributed by atoms with Gasteiger partial charge in [0, 0.05) is 10.4 Å². The molecule has 2 rings (SSSR count). The molecule has 108 valence electrons. The quantitative estimate of drug-likeness (QED) is 0.636. The van der Waals surface area contributed by atoms with Crippen LogP contribution in [0.2, 0.25) is 0 Å². The van der Waals surface area contributed by atoms with Crippen molar-refractivity contribution < 1.29 is 9.47 Å². The first-order valence-corrected chi connectivity index (χ1v) is 7.71. The van der Waals surface area contributed by atoms with E-state index in [-0.39, 0.29) is 6.04 Å². The number of aryl methyl sites for hydroxylation is 1. The number of hydrogen-bond acceptors (Lipinski definition) is 5. The lowest BCUT2D eigenvalue weighted by molar-refractivity contribution is 0.383. The SMILES string of the molecule is COc1ccc(C(NN)c2sccc2C)c(OC)c1Br. The molecule has 0 saturated heterocycles. The normalized spacial score (nSPS) is 12.2. The maximum absolute atomic E-state index is 5.76. The van der Waals surface area contributed by atoms with E-state index in [0.717, 1.165) is 21.5 Å². The van der Waals surface area contributed by atoms with E-state index in [1.54, 1.807) is 25.6 Å². The number of benzene rings is 1. The fourth-order valence-electron chi connectivity index (χ4n) is 2.13. The summed E-state index contributed by atoms with van der Waals surface area (Å²) < 4.78 is 11.6. The van der Waals surface area contributed by atoms with Crippen molar-refractivity contribution in [3.05, 3.63) is 44.1 Å². The first kappa shape index (κ1) is 15.3. The molecule has 2 aromatic rings. The van der Waals surface area contributed by atoms with E-state index in [0.29, 0.717) is 0 Å². The largest absolute Gasteiger partial charge is 0.495 e. The number of halogens is 1. The molecule has 0 spiro atoms. The van der Waals surface area contributed by atoms with Crippen molar-refractivity contribution in [2.45, 2.75) is 13.0 Å². The summed E-state index contributed by atoms with van der Waals surface area (Å²) in [5.41, 5.74) is 5.04. The third-order valence-corrected chi connectivity index (χ3v) is 4.99. The van der Waals surface area contributed by atoms with Crippen LogP contribution in [0.3, 0.4) is 0 Å². The Morgan fingerprint density at radius 3 is 2.50 bits per heavy atom. The zero-order valence-corrected chi connectivity index (χ0v) is 14.0. The van der Waals surface area contributed by atoms with Gasteiger partial charge >= 0.3 is 0 Å². The fraction of sp³-hybridized carbons (Fsp3) is 0.286. The van der Waals surface area contributed by atoms with Crippen molar-refractivity contribution in [2.24, 2.45) is 5.84 Å². The Hall–Kier alpha value is -1.08. The molecule has 0 aliphatic carbocycles. The molecule has 1 aromatic carbocycles. The van der Waals surface area contributed by atoms with Crippen molar-refractivity contribution in [1.29, 1.82) is 0 Å². The van der Waals surface area contributed by atoms with Gasteiger partial charge in [-0.15, -0.1) is 11.3 Å². The van der Waals surface area contributed by atoms with Crippen LogP contribution in [-0.2, 0) is 0 Å². The molecule has 6 heteroatoms. The molecule has 0 radical (unpaired) electrons. The van der Waals surface area contributed by atoms with Crippen molar-refractivity contribution in [3.8, 4) is 11.5 Å². The van der Waals surface area contributed by atoms with Crippen molar-refractivity contribution in [2.75, 3.05) is 14.2 Å². The zero-order chi connectivity index (χ0) is 14.7. The van der Waals surface area contributed by atoms with Crippen molar-refractivity contribution in [3.63, 3.8) is 0 Å². The molecule has 1 aromatic heterocycles. The molecular formula is C14H17BrN2O2S. The Labute approximate surface area is 131 Å². The maximum atomic E-state index is 5.76. The van der Waals surface area contributed by atoms with Gasteiger partial charge in [-0.3, -0.25) is 5.84 Å². The van der Waals surface area contributed by atoms with Gasteiger partial charge in [0.1, 0.15) is 16.0 Å². The second-order valence-corrected chi connectivity index (χ2v) is 6.01. The third-order valence-electron chi connectivity index (χ3n) is 3.16. The summed E-state index contributed by atoms with van der Waals surface area (Å²) in [6.45, 7) is 2.07. The highest BCUT2D eigenvalue weighted by Gasteiger charge is 2.23. The lowest BCUT2D eigenvalue weighted by atomic mass is 10.0. The lowest BCUT2D eigenvalue weighted by Crippen LogP contribution is -2.29. The highest BCUT2D eigenvalue weighted by Crippen LogP contribution is 2.42. The third kappa shape index (κ3) is 2.69. The first-order chi connectivity index (χ1) is 9.63. The molecule has 0 saturated carbocycles. The summed E-state index contributed by atoms with van der Waals surface area (Å²) in [7, 11) is 3.26. The number of thiophene rings is 1. The highest BCUT2D eigenvalue weighted by molar-refractivity contribution is 9.10. The standard InChI is InChI=1S/C14H17BrN2O2S/c1-8-6-7-20-14(8)12(17-16)9-4-5-10(18-2)11(15)13(9)19-3/h4-7,12,17H,16H2,1-3H3. The molecule has 1 heterocycles. The summed E-state index contributed by atoms with van der Waals surface area (Å²) >= 11 is 5.18. The second-order valence-electron chi connectivity index (χ2n) is 4.27. The predicted octanol–water partition coefficient (Wildman–Crippen LogP) is 3.39. The van der Waals surface area contributed by atoms with Gasteiger partial charge in [-0.1, -0.05) is 0 Å². The van der Waals surface area contributed by atoms with Crippen LogP contribution < -0.4 is 20.7 Å². The number of nitrogens with two attached hydrogens (primary N) is 1. The molecule has 0 bridgehead atoms. The van der Waals surface area contributed by atoms with Gasteiger partial charge in [0.05, 0.1) is 20.3 Å². The first-order valence-electron chi connectivity index (χ1n) is 6.04. The van der Waals surface area contributed by atoms with Gasteiger partial charge < -0.3 is 9.47 Å². The summed E-state index contributed by atoms with van der Waals surface area (Å²) in [6.07, 6.45) is 0. The minimum Gasteiger partial charge on any atom is -0.495 e. The minimum absolute atomic E-state index is 0.118. The highest BCUT2D eigenvalue weighted by atomic mass is 79.9. The summed E-state index contributed by atoms with van der Waals surface area (Å²) in [6, 6.07) is 5.82. The number of hydrazine groups is 1. The Kier molecular flexibility index (Phi) is 5.04. The number of rotatable bonds is 5. The minimum atomic E-state index is -0.118. The fourth-order valence-corrected chi connectivity index (χ4v) is 3.82. The number of hydrogen-bond donors (Lipinski definition) is 2. The topological polar surface area (TPSA) is 56.5 Å². The molecule has 3 N–H and O–H groups in total. The predicted molar refractivity (Wildman–Crippen MR) is 85.5 cm³/mol. The molecular weight excluding hydrogens is 340 g/mol. The number of methoxy groups -OCH3 is 2. The zero-order valence-electron chi connectivity index (χ0n) is 11.6. The van der Waals surface area contributed by atoms with E-state index in [2.05, 4.69) is 39.7 Å². The van der Waals surface area contributed by atoms with Crippen LogP contribution in [0.15, 0.2) is 28.1 Å². The average molecular weight is 357 g/mol. The molecule has 0 aliphatic heterocycles. The van der Waals surface area contributed by atoms with E-state index in [1.165, 1.54) is 10.4 Å². The molecule has 0 fully saturated rings. The number of ether oxygens (including phenoxy) is 2. The monoisotopic (exact) mass is 356 g/mol. The van der Waals surface area contributed by atoms with Crippen LogP contribution >= 0.6 is 27.3 Å². The lowest BCUT2D eigenvalue weighted by Gasteiger charge is -2.21. The van der Waals surface area contributed by atoms with Gasteiger partial charge in [0.15, 0.2) is 0 Å². The van der Waals surface area contributed by atoms with Gasteiger partial charge in [-0.05, 0) is 52.0 Å². The van der Waals surface area contributed by atoms with E-state index < -0.39 is 0 Å². The van der Waals surface area contributed by atoms with Crippen LogP contribution in [-0.4, -0.2) is 14.2 Å². The molecule has 0 aliphatic rings. The van der Waals surface area contributed by atoms with Crippen molar-refractivity contribution >= 4 is 27.3 Å². The molecule has 0 amide bonds. The van der Waals surface area contributed by atoms with E-state index in [9.17, 15) is 0 Å². The van der Waals surface area contributed by atoms with Crippen LogP contribution in [0, 0.1) is 6.92 Å².